The van der Waals surface area contributed by atoms with Gasteiger partial charge >= 0.3 is 0 Å². The second kappa shape index (κ2) is 8.12. The molecule has 0 amide bonds. The standard InChI is InChI=1S/C16H27NO3/c1-6-12(2)17(9-10-19-4)13(3)14-7-8-15(18)16(11-14)20-5/h7-8,11-13,18H,6,9-10H2,1-5H3. The molecule has 0 aliphatic rings. The number of nitrogens with zero attached hydrogens (tertiary/aromatic N) is 1. The van der Waals surface area contributed by atoms with E-state index in [0.29, 0.717) is 18.4 Å². The Morgan fingerprint density at radius 3 is 2.50 bits per heavy atom. The summed E-state index contributed by atoms with van der Waals surface area (Å²) in [6.07, 6.45) is 1.09. The zero-order chi connectivity index (χ0) is 15.1. The van der Waals surface area contributed by atoms with Crippen LogP contribution in [-0.4, -0.2) is 43.4 Å². The van der Waals surface area contributed by atoms with Crippen LogP contribution < -0.4 is 4.74 Å². The Morgan fingerprint density at radius 2 is 1.95 bits per heavy atom. The fourth-order valence-corrected chi connectivity index (χ4v) is 2.37. The van der Waals surface area contributed by atoms with Gasteiger partial charge in [0.05, 0.1) is 13.7 Å². The first-order valence-corrected chi connectivity index (χ1v) is 7.16. The van der Waals surface area contributed by atoms with E-state index in [1.807, 2.05) is 12.1 Å². The average molecular weight is 281 g/mol. The lowest BCUT2D eigenvalue weighted by Crippen LogP contribution is -2.37. The summed E-state index contributed by atoms with van der Waals surface area (Å²) in [6, 6.07) is 6.26. The second-order valence-corrected chi connectivity index (χ2v) is 5.10. The minimum absolute atomic E-state index is 0.176. The topological polar surface area (TPSA) is 41.9 Å². The molecule has 0 heterocycles. The molecule has 0 radical (unpaired) electrons. The summed E-state index contributed by atoms with van der Waals surface area (Å²) < 4.78 is 10.4. The highest BCUT2D eigenvalue weighted by Gasteiger charge is 2.21. The lowest BCUT2D eigenvalue weighted by molar-refractivity contribution is 0.0939. The molecule has 4 heteroatoms. The van der Waals surface area contributed by atoms with Crippen LogP contribution in [0.15, 0.2) is 18.2 Å². The van der Waals surface area contributed by atoms with Crippen molar-refractivity contribution in [3.8, 4) is 11.5 Å². The molecule has 2 unspecified atom stereocenters. The van der Waals surface area contributed by atoms with Crippen LogP contribution in [0.4, 0.5) is 0 Å². The Labute approximate surface area is 122 Å². The van der Waals surface area contributed by atoms with Crippen molar-refractivity contribution in [2.75, 3.05) is 27.4 Å². The number of phenolic OH excluding ortho intramolecular Hbond substituents is 1. The third-order valence-electron chi connectivity index (χ3n) is 3.89. The number of hydrogen-bond donors (Lipinski definition) is 1. The fourth-order valence-electron chi connectivity index (χ4n) is 2.37. The molecule has 2 atom stereocenters. The van der Waals surface area contributed by atoms with Crippen molar-refractivity contribution in [2.45, 2.75) is 39.3 Å². The SMILES string of the molecule is CCC(C)N(CCOC)C(C)c1ccc(O)c(OC)c1. The quantitative estimate of drug-likeness (QED) is 0.794. The zero-order valence-corrected chi connectivity index (χ0v) is 13.2. The molecule has 0 saturated heterocycles. The molecule has 1 aromatic carbocycles. The first-order valence-electron chi connectivity index (χ1n) is 7.16. The third-order valence-corrected chi connectivity index (χ3v) is 3.89. The lowest BCUT2D eigenvalue weighted by atomic mass is 10.0. The van der Waals surface area contributed by atoms with Crippen molar-refractivity contribution in [1.82, 2.24) is 4.90 Å². The molecule has 0 aliphatic carbocycles. The molecule has 20 heavy (non-hydrogen) atoms. The van der Waals surface area contributed by atoms with Gasteiger partial charge in [0.2, 0.25) is 0 Å². The fraction of sp³-hybridized carbons (Fsp3) is 0.625. The maximum absolute atomic E-state index is 9.69. The number of ether oxygens (including phenoxy) is 2. The number of hydrogen-bond acceptors (Lipinski definition) is 4. The Hall–Kier alpha value is -1.26. The van der Waals surface area contributed by atoms with Crippen LogP contribution in [0.25, 0.3) is 0 Å². The van der Waals surface area contributed by atoms with E-state index >= 15 is 0 Å². The van der Waals surface area contributed by atoms with Crippen molar-refractivity contribution >= 4 is 0 Å². The van der Waals surface area contributed by atoms with Crippen LogP contribution in [0.3, 0.4) is 0 Å². The van der Waals surface area contributed by atoms with Crippen LogP contribution in [-0.2, 0) is 4.74 Å². The maximum Gasteiger partial charge on any atom is 0.160 e. The van der Waals surface area contributed by atoms with Crippen LogP contribution in [0, 0.1) is 0 Å². The van der Waals surface area contributed by atoms with E-state index in [9.17, 15) is 5.11 Å². The summed E-state index contributed by atoms with van der Waals surface area (Å²) in [4.78, 5) is 2.41. The van der Waals surface area contributed by atoms with E-state index in [2.05, 4.69) is 25.7 Å². The van der Waals surface area contributed by atoms with Crippen LogP contribution in [0.5, 0.6) is 11.5 Å². The zero-order valence-electron chi connectivity index (χ0n) is 13.2. The van der Waals surface area contributed by atoms with Crippen LogP contribution >= 0.6 is 0 Å². The van der Waals surface area contributed by atoms with Crippen LogP contribution in [0.2, 0.25) is 0 Å². The number of aromatic hydroxyl groups is 1. The molecule has 4 nitrogen and oxygen atoms in total. The maximum atomic E-state index is 9.69. The van der Waals surface area contributed by atoms with E-state index in [4.69, 9.17) is 9.47 Å². The molecule has 1 rings (SSSR count). The molecule has 0 bridgehead atoms. The van der Waals surface area contributed by atoms with Gasteiger partial charge in [-0.3, -0.25) is 4.90 Å². The number of benzene rings is 1. The van der Waals surface area contributed by atoms with Gasteiger partial charge in [0, 0.05) is 25.7 Å². The van der Waals surface area contributed by atoms with Gasteiger partial charge in [0.25, 0.3) is 0 Å². The predicted octanol–water partition coefficient (Wildman–Crippen LogP) is 3.21. The highest BCUT2D eigenvalue weighted by Crippen LogP contribution is 2.31. The smallest absolute Gasteiger partial charge is 0.160 e. The normalized spacial score (nSPS) is 14.3. The first-order chi connectivity index (χ1) is 9.54. The highest BCUT2D eigenvalue weighted by molar-refractivity contribution is 5.42. The summed E-state index contributed by atoms with van der Waals surface area (Å²) >= 11 is 0. The molecule has 0 saturated carbocycles. The number of rotatable bonds is 8. The Balaban J connectivity index is 2.95. The van der Waals surface area contributed by atoms with Crippen molar-refractivity contribution in [3.63, 3.8) is 0 Å². The van der Waals surface area contributed by atoms with Crippen molar-refractivity contribution < 1.29 is 14.6 Å². The summed E-state index contributed by atoms with van der Waals surface area (Å²) in [5, 5.41) is 9.69. The van der Waals surface area contributed by atoms with E-state index in [1.54, 1.807) is 20.3 Å². The van der Waals surface area contributed by atoms with Gasteiger partial charge in [-0.2, -0.15) is 0 Å². The van der Waals surface area contributed by atoms with Crippen molar-refractivity contribution in [3.05, 3.63) is 23.8 Å². The van der Waals surface area contributed by atoms with E-state index in [1.165, 1.54) is 0 Å². The summed E-state index contributed by atoms with van der Waals surface area (Å²) in [6.45, 7) is 8.19. The largest absolute Gasteiger partial charge is 0.504 e. The van der Waals surface area contributed by atoms with Gasteiger partial charge in [-0.15, -0.1) is 0 Å². The minimum atomic E-state index is 0.176. The molecule has 0 aliphatic heterocycles. The third kappa shape index (κ3) is 4.12. The molecule has 114 valence electrons. The van der Waals surface area contributed by atoms with Gasteiger partial charge in [0.15, 0.2) is 11.5 Å². The molecule has 1 N–H and O–H groups in total. The first kappa shape index (κ1) is 16.8. The minimum Gasteiger partial charge on any atom is -0.504 e. The van der Waals surface area contributed by atoms with Gasteiger partial charge < -0.3 is 14.6 Å². The van der Waals surface area contributed by atoms with Crippen LogP contribution in [0.1, 0.15) is 38.8 Å². The lowest BCUT2D eigenvalue weighted by Gasteiger charge is -2.34. The average Bonchev–Trinajstić information content (AvgIpc) is 2.47. The van der Waals surface area contributed by atoms with Gasteiger partial charge in [0.1, 0.15) is 0 Å². The van der Waals surface area contributed by atoms with Gasteiger partial charge in [-0.1, -0.05) is 13.0 Å². The van der Waals surface area contributed by atoms with Crippen molar-refractivity contribution in [1.29, 1.82) is 0 Å². The molecule has 1 aromatic rings. The summed E-state index contributed by atoms with van der Waals surface area (Å²) in [5.41, 5.74) is 1.14. The Kier molecular flexibility index (Phi) is 6.82. The molecule has 0 spiro atoms. The molecule has 0 fully saturated rings. The van der Waals surface area contributed by atoms with E-state index in [0.717, 1.165) is 18.5 Å². The highest BCUT2D eigenvalue weighted by atomic mass is 16.5. The second-order valence-electron chi connectivity index (χ2n) is 5.10. The monoisotopic (exact) mass is 281 g/mol. The van der Waals surface area contributed by atoms with Crippen molar-refractivity contribution in [2.24, 2.45) is 0 Å². The Bertz CT molecular complexity index is 409. The van der Waals surface area contributed by atoms with Gasteiger partial charge in [-0.05, 0) is 38.0 Å². The predicted molar refractivity (Wildman–Crippen MR) is 81.4 cm³/mol. The summed E-state index contributed by atoms with van der Waals surface area (Å²) in [5.74, 6) is 0.695. The molecular formula is C16H27NO3. The molecular weight excluding hydrogens is 254 g/mol. The Morgan fingerprint density at radius 1 is 1.25 bits per heavy atom. The number of methoxy groups -OCH3 is 2. The molecule has 0 aromatic heterocycles. The van der Waals surface area contributed by atoms with E-state index < -0.39 is 0 Å². The summed E-state index contributed by atoms with van der Waals surface area (Å²) in [7, 11) is 3.30. The van der Waals surface area contributed by atoms with E-state index in [-0.39, 0.29) is 11.8 Å². The number of phenols is 1. The van der Waals surface area contributed by atoms with Gasteiger partial charge in [-0.25, -0.2) is 0 Å².